The molecule has 0 spiro atoms. The zero-order chi connectivity index (χ0) is 25.3. The average Bonchev–Trinajstić information content (AvgIpc) is 2.84. The third-order valence-electron chi connectivity index (χ3n) is 6.26. The molecule has 0 aliphatic carbocycles. The third-order valence-corrected chi connectivity index (χ3v) is 6.26. The first-order valence-corrected chi connectivity index (χ1v) is 13.3. The largest absolute Gasteiger partial charge is 0.354 e. The monoisotopic (exact) mass is 481 g/mol. The summed E-state index contributed by atoms with van der Waals surface area (Å²) in [6.07, 6.45) is 15.9. The van der Waals surface area contributed by atoms with Gasteiger partial charge in [0.05, 0.1) is 0 Å². The first-order valence-electron chi connectivity index (χ1n) is 13.3. The van der Waals surface area contributed by atoms with Gasteiger partial charge < -0.3 is 16.0 Å². The summed E-state index contributed by atoms with van der Waals surface area (Å²) in [6.45, 7) is 4.91. The Morgan fingerprint density at radius 2 is 1.43 bits per heavy atom. The van der Waals surface area contributed by atoms with Crippen LogP contribution in [0.1, 0.15) is 83.6 Å². The lowest BCUT2D eigenvalue weighted by Crippen LogP contribution is -2.50. The molecule has 6 nitrogen and oxygen atoms in total. The summed E-state index contributed by atoms with van der Waals surface area (Å²) < 4.78 is 0. The van der Waals surface area contributed by atoms with Crippen LogP contribution < -0.4 is 16.0 Å². The number of hydrogen-bond donors (Lipinski definition) is 3. The summed E-state index contributed by atoms with van der Waals surface area (Å²) in [7, 11) is 0. The highest BCUT2D eigenvalue weighted by atomic mass is 16.2. The second kappa shape index (κ2) is 16.7. The van der Waals surface area contributed by atoms with E-state index >= 15 is 0 Å². The molecule has 1 atom stereocenters. The van der Waals surface area contributed by atoms with Gasteiger partial charge in [0.25, 0.3) is 5.91 Å². The van der Waals surface area contributed by atoms with Crippen LogP contribution in [-0.4, -0.2) is 36.9 Å². The summed E-state index contributed by atoms with van der Waals surface area (Å²) >= 11 is 0. The number of carbonyl (C=O) groups is 3. The van der Waals surface area contributed by atoms with E-state index in [1.165, 1.54) is 32.1 Å². The molecule has 0 bridgehead atoms. The molecule has 1 aliphatic heterocycles. The number of nitrogens with one attached hydrogen (secondary N) is 3. The summed E-state index contributed by atoms with van der Waals surface area (Å²) in [5, 5.41) is 8.87. The van der Waals surface area contributed by atoms with Gasteiger partial charge in [0, 0.05) is 25.1 Å². The second-order valence-electron chi connectivity index (χ2n) is 9.60. The van der Waals surface area contributed by atoms with Gasteiger partial charge in [-0.1, -0.05) is 101 Å². The van der Waals surface area contributed by atoms with Crippen molar-refractivity contribution in [1.82, 2.24) is 16.0 Å². The molecule has 0 radical (unpaired) electrons. The fraction of sp³-hybridized carbons (Fsp3) is 0.552. The Bertz CT molecular complexity index is 846. The fourth-order valence-corrected chi connectivity index (χ4v) is 4.14. The minimum Gasteiger partial charge on any atom is -0.354 e. The van der Waals surface area contributed by atoms with Crippen molar-refractivity contribution in [2.75, 3.05) is 13.1 Å². The molecule has 6 heteroatoms. The number of carbonyl (C=O) groups excluding carboxylic acids is 3. The van der Waals surface area contributed by atoms with Gasteiger partial charge in [-0.15, -0.1) is 0 Å². The van der Waals surface area contributed by atoms with E-state index in [2.05, 4.69) is 16.0 Å². The van der Waals surface area contributed by atoms with Crippen molar-refractivity contribution >= 4 is 23.3 Å². The normalized spacial score (nSPS) is 23.3. The van der Waals surface area contributed by atoms with Crippen molar-refractivity contribution in [1.29, 1.82) is 0 Å². The van der Waals surface area contributed by atoms with Crippen LogP contribution in [0, 0.1) is 5.92 Å². The van der Waals surface area contributed by atoms with E-state index in [0.717, 1.165) is 31.2 Å². The van der Waals surface area contributed by atoms with E-state index in [9.17, 15) is 14.4 Å². The maximum Gasteiger partial charge on any atom is 0.252 e. The van der Waals surface area contributed by atoms with Crippen molar-refractivity contribution in [3.05, 3.63) is 54.1 Å². The van der Waals surface area contributed by atoms with Crippen molar-refractivity contribution in [2.45, 2.75) is 84.1 Å². The molecule has 1 heterocycles. The molecule has 0 unspecified atom stereocenters. The number of benzene rings is 1. The average molecular weight is 482 g/mol. The van der Waals surface area contributed by atoms with Crippen molar-refractivity contribution in [3.8, 4) is 0 Å². The summed E-state index contributed by atoms with van der Waals surface area (Å²) in [6, 6.07) is 8.79. The second-order valence-corrected chi connectivity index (χ2v) is 9.60. The van der Waals surface area contributed by atoms with Crippen LogP contribution in [0.2, 0.25) is 0 Å². The standard InChI is InChI=1S/C29H43N3O3/c1-23(2)27-29(35)31-22-15-9-7-5-3-4-6-8-13-20-26(33)30-21-16-14-19-25(28(34)32-27)24-17-11-10-12-18-24/h10-12,14,16-19,23,27H,3-9,13,15,20-22H2,1-2H3,(H,30,33)(H,31,35)(H,32,34)/b16-14-,25-19-/t27-/m0/s1. The van der Waals surface area contributed by atoms with Gasteiger partial charge >= 0.3 is 0 Å². The zero-order valence-electron chi connectivity index (χ0n) is 21.5. The van der Waals surface area contributed by atoms with Gasteiger partial charge in [0.15, 0.2) is 0 Å². The van der Waals surface area contributed by atoms with Gasteiger partial charge in [-0.05, 0) is 30.4 Å². The topological polar surface area (TPSA) is 87.3 Å². The van der Waals surface area contributed by atoms with Gasteiger partial charge in [0.1, 0.15) is 6.04 Å². The Morgan fingerprint density at radius 3 is 2.09 bits per heavy atom. The molecular formula is C29H43N3O3. The Morgan fingerprint density at radius 1 is 0.800 bits per heavy atom. The molecule has 0 aromatic heterocycles. The van der Waals surface area contributed by atoms with Crippen molar-refractivity contribution in [3.63, 3.8) is 0 Å². The van der Waals surface area contributed by atoms with Crippen LogP contribution in [0.15, 0.2) is 48.6 Å². The maximum atomic E-state index is 13.2. The van der Waals surface area contributed by atoms with Gasteiger partial charge in [-0.2, -0.15) is 0 Å². The Hall–Kier alpha value is -2.89. The van der Waals surface area contributed by atoms with E-state index < -0.39 is 6.04 Å². The van der Waals surface area contributed by atoms with Gasteiger partial charge in [-0.25, -0.2) is 0 Å². The van der Waals surface area contributed by atoms with Crippen molar-refractivity contribution < 1.29 is 14.4 Å². The lowest BCUT2D eigenvalue weighted by molar-refractivity contribution is -0.127. The molecule has 35 heavy (non-hydrogen) atoms. The lowest BCUT2D eigenvalue weighted by Gasteiger charge is -2.22. The molecule has 2 rings (SSSR count). The van der Waals surface area contributed by atoms with E-state index in [-0.39, 0.29) is 23.6 Å². The molecule has 1 aromatic carbocycles. The van der Waals surface area contributed by atoms with Gasteiger partial charge in [0.2, 0.25) is 11.8 Å². The van der Waals surface area contributed by atoms with E-state index in [1.807, 2.05) is 50.3 Å². The van der Waals surface area contributed by atoms with Crippen molar-refractivity contribution in [2.24, 2.45) is 5.92 Å². The van der Waals surface area contributed by atoms with E-state index in [4.69, 9.17) is 0 Å². The SMILES string of the molecule is CC(C)[C@@H]1NC(=O)/C(c2ccccc2)=C\C=C/CNC(=O)CCCCCCCCCCCNC1=O. The molecule has 1 aromatic rings. The lowest BCUT2D eigenvalue weighted by atomic mass is 10.0. The van der Waals surface area contributed by atoms with E-state index in [1.54, 1.807) is 12.2 Å². The maximum absolute atomic E-state index is 13.2. The molecule has 3 amide bonds. The summed E-state index contributed by atoms with van der Waals surface area (Å²) in [4.78, 5) is 38.2. The van der Waals surface area contributed by atoms with Crippen LogP contribution >= 0.6 is 0 Å². The fourth-order valence-electron chi connectivity index (χ4n) is 4.14. The smallest absolute Gasteiger partial charge is 0.252 e. The van der Waals surface area contributed by atoms with E-state index in [0.29, 0.717) is 25.1 Å². The first-order chi connectivity index (χ1) is 17.0. The number of amides is 3. The summed E-state index contributed by atoms with van der Waals surface area (Å²) in [5.74, 6) is -0.422. The molecule has 0 saturated carbocycles. The highest BCUT2D eigenvalue weighted by Crippen LogP contribution is 2.16. The predicted molar refractivity (Wildman–Crippen MR) is 143 cm³/mol. The van der Waals surface area contributed by atoms with Crippen LogP contribution in [-0.2, 0) is 14.4 Å². The minimum absolute atomic E-state index is 0.0452. The highest BCUT2D eigenvalue weighted by molar-refractivity contribution is 6.20. The third kappa shape index (κ3) is 11.4. The minimum atomic E-state index is -0.612. The van der Waals surface area contributed by atoms with Crippen LogP contribution in [0.5, 0.6) is 0 Å². The Balaban J connectivity index is 2.13. The molecule has 0 fully saturated rings. The molecular weight excluding hydrogens is 438 g/mol. The van der Waals surface area contributed by atoms with Crippen LogP contribution in [0.25, 0.3) is 5.57 Å². The van der Waals surface area contributed by atoms with Crippen LogP contribution in [0.3, 0.4) is 0 Å². The molecule has 0 saturated heterocycles. The number of rotatable bonds is 2. The predicted octanol–water partition coefficient (Wildman–Crippen LogP) is 4.91. The first kappa shape index (κ1) is 28.3. The van der Waals surface area contributed by atoms with Crippen LogP contribution in [0.4, 0.5) is 0 Å². The van der Waals surface area contributed by atoms with Gasteiger partial charge in [-0.3, -0.25) is 14.4 Å². The molecule has 192 valence electrons. The Labute approximate surface area is 211 Å². The quantitative estimate of drug-likeness (QED) is 0.561. The highest BCUT2D eigenvalue weighted by Gasteiger charge is 2.25. The summed E-state index contributed by atoms with van der Waals surface area (Å²) in [5.41, 5.74) is 1.25. The molecule has 3 N–H and O–H groups in total. The number of allylic oxidation sites excluding steroid dienone is 2. The number of hydrogen-bond acceptors (Lipinski definition) is 3. The molecule has 1 aliphatic rings. The Kier molecular flexibility index (Phi) is 13.5. The zero-order valence-corrected chi connectivity index (χ0v) is 21.5.